The summed E-state index contributed by atoms with van der Waals surface area (Å²) >= 11 is 0. The lowest BCUT2D eigenvalue weighted by molar-refractivity contribution is -0.120. The van der Waals surface area contributed by atoms with E-state index in [0.717, 1.165) is 24.1 Å². The molecule has 1 aromatic carbocycles. The maximum Gasteiger partial charge on any atom is 0.231 e. The Morgan fingerprint density at radius 1 is 1.56 bits per heavy atom. The van der Waals surface area contributed by atoms with Gasteiger partial charge in [-0.3, -0.25) is 4.79 Å². The van der Waals surface area contributed by atoms with E-state index >= 15 is 0 Å². The van der Waals surface area contributed by atoms with Crippen molar-refractivity contribution < 1.29 is 4.79 Å². The van der Waals surface area contributed by atoms with Gasteiger partial charge in [0.2, 0.25) is 5.91 Å². The maximum absolute atomic E-state index is 11.9. The zero-order chi connectivity index (χ0) is 11.6. The van der Waals surface area contributed by atoms with E-state index in [4.69, 9.17) is 12.2 Å². The molecular formula is C13H14N2O. The van der Waals surface area contributed by atoms with Gasteiger partial charge in [-0.1, -0.05) is 12.0 Å². The van der Waals surface area contributed by atoms with Gasteiger partial charge in [-0.15, -0.1) is 6.42 Å². The van der Waals surface area contributed by atoms with Gasteiger partial charge in [0.1, 0.15) is 0 Å². The second kappa shape index (κ2) is 3.99. The van der Waals surface area contributed by atoms with E-state index in [0.29, 0.717) is 6.54 Å². The molecule has 0 unspecified atom stereocenters. The summed E-state index contributed by atoms with van der Waals surface area (Å²) in [6, 6.07) is 7.26. The number of nitrogens with two attached hydrogens (primary N) is 1. The highest BCUT2D eigenvalue weighted by Gasteiger charge is 2.48. The molecule has 0 atom stereocenters. The average molecular weight is 214 g/mol. The van der Waals surface area contributed by atoms with Crippen molar-refractivity contribution >= 4 is 11.6 Å². The molecule has 0 heterocycles. The van der Waals surface area contributed by atoms with Crippen LogP contribution < -0.4 is 11.1 Å². The molecule has 2 rings (SSSR count). The van der Waals surface area contributed by atoms with Crippen molar-refractivity contribution in [3.8, 4) is 12.3 Å². The van der Waals surface area contributed by atoms with Crippen LogP contribution in [0.15, 0.2) is 24.3 Å². The number of anilines is 1. The van der Waals surface area contributed by atoms with E-state index in [1.54, 1.807) is 6.07 Å². The molecule has 0 bridgehead atoms. The van der Waals surface area contributed by atoms with Crippen LogP contribution in [0.2, 0.25) is 0 Å². The Bertz CT molecular complexity index is 455. The predicted molar refractivity (Wildman–Crippen MR) is 63.7 cm³/mol. The van der Waals surface area contributed by atoms with Crippen molar-refractivity contribution in [3.05, 3.63) is 29.8 Å². The van der Waals surface area contributed by atoms with Gasteiger partial charge in [-0.2, -0.15) is 0 Å². The first-order chi connectivity index (χ1) is 7.70. The molecule has 1 aromatic rings. The number of nitrogens with one attached hydrogen (secondary N) is 1. The molecule has 0 saturated heterocycles. The van der Waals surface area contributed by atoms with Crippen molar-refractivity contribution in [2.45, 2.75) is 12.8 Å². The van der Waals surface area contributed by atoms with Gasteiger partial charge in [0, 0.05) is 17.8 Å². The summed E-state index contributed by atoms with van der Waals surface area (Å²) in [6.45, 7) is 0.410. The molecule has 0 spiro atoms. The summed E-state index contributed by atoms with van der Waals surface area (Å²) < 4.78 is 0. The van der Waals surface area contributed by atoms with Crippen molar-refractivity contribution in [2.75, 3.05) is 11.9 Å². The van der Waals surface area contributed by atoms with Gasteiger partial charge in [0.25, 0.3) is 0 Å². The van der Waals surface area contributed by atoms with Gasteiger partial charge in [-0.25, -0.2) is 0 Å². The number of hydrogen-bond acceptors (Lipinski definition) is 2. The first-order valence-corrected chi connectivity index (χ1v) is 5.28. The summed E-state index contributed by atoms with van der Waals surface area (Å²) in [6.07, 6.45) is 7.05. The van der Waals surface area contributed by atoms with E-state index in [2.05, 4.69) is 11.2 Å². The molecule has 1 aliphatic rings. The van der Waals surface area contributed by atoms with Gasteiger partial charge in [-0.05, 0) is 31.0 Å². The zero-order valence-electron chi connectivity index (χ0n) is 8.99. The lowest BCUT2D eigenvalue weighted by atomic mass is 10.1. The van der Waals surface area contributed by atoms with E-state index in [9.17, 15) is 4.79 Å². The molecule has 3 heteroatoms. The van der Waals surface area contributed by atoms with Crippen LogP contribution in [0.5, 0.6) is 0 Å². The lowest BCUT2D eigenvalue weighted by Gasteiger charge is -2.12. The Balaban J connectivity index is 2.10. The van der Waals surface area contributed by atoms with Crippen molar-refractivity contribution in [2.24, 2.45) is 11.1 Å². The topological polar surface area (TPSA) is 55.1 Å². The first-order valence-electron chi connectivity index (χ1n) is 5.28. The highest BCUT2D eigenvalue weighted by Crippen LogP contribution is 2.45. The molecule has 1 saturated carbocycles. The SMILES string of the molecule is C#Cc1cccc(NC(=O)C2(CN)CC2)c1. The fourth-order valence-corrected chi connectivity index (χ4v) is 1.63. The highest BCUT2D eigenvalue weighted by molar-refractivity contribution is 5.97. The average Bonchev–Trinajstić information content (AvgIpc) is 3.10. The van der Waals surface area contributed by atoms with Crippen LogP contribution in [0, 0.1) is 17.8 Å². The molecule has 3 nitrogen and oxygen atoms in total. The minimum atomic E-state index is -0.327. The Labute approximate surface area is 95.0 Å². The van der Waals surface area contributed by atoms with Crippen LogP contribution >= 0.6 is 0 Å². The number of amides is 1. The number of rotatable bonds is 3. The number of terminal acetylenes is 1. The Kier molecular flexibility index (Phi) is 2.67. The third-order valence-corrected chi connectivity index (χ3v) is 3.01. The standard InChI is InChI=1S/C13H14N2O/c1-2-10-4-3-5-11(8-10)15-12(16)13(9-14)6-7-13/h1,3-5,8H,6-7,9,14H2,(H,15,16). The molecule has 1 aliphatic carbocycles. The van der Waals surface area contributed by atoms with E-state index in [-0.39, 0.29) is 11.3 Å². The monoisotopic (exact) mass is 214 g/mol. The number of hydrogen-bond donors (Lipinski definition) is 2. The van der Waals surface area contributed by atoms with Crippen molar-refractivity contribution in [1.29, 1.82) is 0 Å². The van der Waals surface area contributed by atoms with Crippen LogP contribution in [0.1, 0.15) is 18.4 Å². The normalized spacial score (nSPS) is 16.2. The number of carbonyl (C=O) groups excluding carboxylic acids is 1. The smallest absolute Gasteiger partial charge is 0.231 e. The van der Waals surface area contributed by atoms with Crippen LogP contribution in [-0.2, 0) is 4.79 Å². The summed E-state index contributed by atoms with van der Waals surface area (Å²) in [4.78, 5) is 11.9. The molecule has 3 N–H and O–H groups in total. The molecule has 1 amide bonds. The molecule has 0 radical (unpaired) electrons. The fourth-order valence-electron chi connectivity index (χ4n) is 1.63. The first kappa shape index (κ1) is 10.7. The third kappa shape index (κ3) is 1.93. The predicted octanol–water partition coefficient (Wildman–Crippen LogP) is 1.35. The second-order valence-electron chi connectivity index (χ2n) is 4.16. The van der Waals surface area contributed by atoms with Crippen LogP contribution in [0.25, 0.3) is 0 Å². The van der Waals surface area contributed by atoms with Gasteiger partial charge >= 0.3 is 0 Å². The minimum absolute atomic E-state index is 0.00386. The van der Waals surface area contributed by atoms with E-state index in [1.807, 2.05) is 18.2 Å². The van der Waals surface area contributed by atoms with Crippen LogP contribution in [0.4, 0.5) is 5.69 Å². The zero-order valence-corrected chi connectivity index (χ0v) is 8.99. The van der Waals surface area contributed by atoms with E-state index in [1.165, 1.54) is 0 Å². The molecule has 16 heavy (non-hydrogen) atoms. The molecular weight excluding hydrogens is 200 g/mol. The fraction of sp³-hybridized carbons (Fsp3) is 0.308. The minimum Gasteiger partial charge on any atom is -0.329 e. The Hall–Kier alpha value is -1.79. The number of carbonyl (C=O) groups is 1. The van der Waals surface area contributed by atoms with Crippen molar-refractivity contribution in [1.82, 2.24) is 0 Å². The Morgan fingerprint density at radius 2 is 2.31 bits per heavy atom. The lowest BCUT2D eigenvalue weighted by Crippen LogP contribution is -2.30. The quantitative estimate of drug-likeness (QED) is 0.746. The van der Waals surface area contributed by atoms with Gasteiger partial charge in [0.05, 0.1) is 5.41 Å². The van der Waals surface area contributed by atoms with E-state index < -0.39 is 0 Å². The molecule has 0 aromatic heterocycles. The van der Waals surface area contributed by atoms with Crippen LogP contribution in [0.3, 0.4) is 0 Å². The molecule has 82 valence electrons. The van der Waals surface area contributed by atoms with Gasteiger partial charge < -0.3 is 11.1 Å². The summed E-state index contributed by atoms with van der Waals surface area (Å²) in [7, 11) is 0. The summed E-state index contributed by atoms with van der Waals surface area (Å²) in [5.41, 5.74) is 6.75. The second-order valence-corrected chi connectivity index (χ2v) is 4.16. The molecule has 1 fully saturated rings. The summed E-state index contributed by atoms with van der Waals surface area (Å²) in [5.74, 6) is 2.54. The highest BCUT2D eigenvalue weighted by atomic mass is 16.2. The summed E-state index contributed by atoms with van der Waals surface area (Å²) in [5, 5.41) is 2.86. The maximum atomic E-state index is 11.9. The van der Waals surface area contributed by atoms with Crippen molar-refractivity contribution in [3.63, 3.8) is 0 Å². The van der Waals surface area contributed by atoms with Gasteiger partial charge in [0.15, 0.2) is 0 Å². The van der Waals surface area contributed by atoms with Crippen LogP contribution in [-0.4, -0.2) is 12.5 Å². The molecule has 0 aliphatic heterocycles. The third-order valence-electron chi connectivity index (χ3n) is 3.01. The Morgan fingerprint density at radius 3 is 2.88 bits per heavy atom. The number of benzene rings is 1. The largest absolute Gasteiger partial charge is 0.329 e.